The van der Waals surface area contributed by atoms with E-state index in [9.17, 15) is 9.90 Å². The monoisotopic (exact) mass is 367 g/mol. The van der Waals surface area contributed by atoms with E-state index in [4.69, 9.17) is 9.15 Å². The number of esters is 1. The number of aromatic nitrogens is 1. The molecule has 0 unspecified atom stereocenters. The van der Waals surface area contributed by atoms with Crippen LogP contribution in [0.4, 0.5) is 11.7 Å². The molecule has 0 atom stereocenters. The van der Waals surface area contributed by atoms with Crippen LogP contribution in [0.1, 0.15) is 15.2 Å². The summed E-state index contributed by atoms with van der Waals surface area (Å²) < 4.78 is 11.0. The molecule has 2 aromatic heterocycles. The number of hydrogen-bond donors (Lipinski definition) is 1. The summed E-state index contributed by atoms with van der Waals surface area (Å²) in [4.78, 5) is 17.3. The second-order valence-corrected chi connectivity index (χ2v) is 6.80. The van der Waals surface area contributed by atoms with Crippen molar-refractivity contribution in [3.8, 4) is 5.75 Å². The molecule has 0 amide bonds. The number of fused-ring (bicyclic) bond motifs is 2. The summed E-state index contributed by atoms with van der Waals surface area (Å²) >= 11 is 1.40. The summed E-state index contributed by atoms with van der Waals surface area (Å²) in [5.74, 6) is -0.620. The van der Waals surface area contributed by atoms with Gasteiger partial charge in [-0.05, 0) is 31.2 Å². The van der Waals surface area contributed by atoms with Crippen LogP contribution in [0.2, 0.25) is 0 Å². The molecule has 0 aliphatic heterocycles. The molecule has 8 heteroatoms. The SMILES string of the molecule is COC(=O)c1cc(O)c2cc(C)sc2c1/N=N/c1nc2ccccc2o1. The number of benzene rings is 2. The standard InChI is InChI=1S/C18H13N3O4S/c1-9-7-10-13(22)8-11(17(23)24-2)15(16(10)26-9)20-21-18-19-12-5-3-4-6-14(12)25-18/h3-8,22H,1-2H3/b21-20+. The third kappa shape index (κ3) is 2.70. The Balaban J connectivity index is 1.88. The molecule has 7 nitrogen and oxygen atoms in total. The van der Waals surface area contributed by atoms with Gasteiger partial charge in [-0.3, -0.25) is 0 Å². The van der Waals surface area contributed by atoms with Crippen molar-refractivity contribution in [3.05, 3.63) is 46.8 Å². The molecule has 0 spiro atoms. The summed E-state index contributed by atoms with van der Waals surface area (Å²) in [7, 11) is 1.27. The smallest absolute Gasteiger partial charge is 0.341 e. The molecule has 0 saturated carbocycles. The number of thiophene rings is 1. The van der Waals surface area contributed by atoms with E-state index in [1.807, 2.05) is 25.1 Å². The number of ether oxygens (including phenoxy) is 1. The number of phenols is 1. The van der Waals surface area contributed by atoms with E-state index in [2.05, 4.69) is 15.2 Å². The fraction of sp³-hybridized carbons (Fsp3) is 0.111. The molecule has 130 valence electrons. The minimum Gasteiger partial charge on any atom is -0.507 e. The fourth-order valence-corrected chi connectivity index (χ4v) is 3.67. The number of nitrogens with zero attached hydrogens (tertiary/aromatic N) is 3. The van der Waals surface area contributed by atoms with E-state index in [0.717, 1.165) is 4.88 Å². The van der Waals surface area contributed by atoms with E-state index in [-0.39, 0.29) is 17.3 Å². The van der Waals surface area contributed by atoms with Gasteiger partial charge in [0.25, 0.3) is 0 Å². The van der Waals surface area contributed by atoms with Gasteiger partial charge < -0.3 is 14.3 Å². The molecule has 0 aliphatic rings. The average molecular weight is 367 g/mol. The Kier molecular flexibility index (Phi) is 3.89. The number of carbonyl (C=O) groups is 1. The largest absolute Gasteiger partial charge is 0.507 e. The van der Waals surface area contributed by atoms with Gasteiger partial charge in [0.1, 0.15) is 17.0 Å². The lowest BCUT2D eigenvalue weighted by molar-refractivity contribution is 0.0601. The highest BCUT2D eigenvalue weighted by Crippen LogP contribution is 2.42. The number of azo groups is 1. The van der Waals surface area contributed by atoms with Gasteiger partial charge in [0.15, 0.2) is 5.58 Å². The molecule has 4 rings (SSSR count). The number of carbonyl (C=O) groups excluding carboxylic acids is 1. The van der Waals surface area contributed by atoms with Crippen LogP contribution in [0, 0.1) is 6.92 Å². The first-order chi connectivity index (χ1) is 12.6. The van der Waals surface area contributed by atoms with E-state index in [1.165, 1.54) is 24.5 Å². The van der Waals surface area contributed by atoms with Gasteiger partial charge >= 0.3 is 12.0 Å². The predicted octanol–water partition coefficient (Wildman–Crippen LogP) is 5.26. The average Bonchev–Trinajstić information content (AvgIpc) is 3.23. The van der Waals surface area contributed by atoms with Crippen molar-refractivity contribution in [1.82, 2.24) is 4.98 Å². The molecule has 2 heterocycles. The van der Waals surface area contributed by atoms with E-state index in [1.54, 1.807) is 12.1 Å². The lowest BCUT2D eigenvalue weighted by Gasteiger charge is -2.05. The number of aryl methyl sites for hydroxylation is 1. The van der Waals surface area contributed by atoms with Crippen LogP contribution in [0.3, 0.4) is 0 Å². The summed E-state index contributed by atoms with van der Waals surface area (Å²) in [6.07, 6.45) is 0. The highest BCUT2D eigenvalue weighted by molar-refractivity contribution is 7.19. The first kappa shape index (κ1) is 16.2. The van der Waals surface area contributed by atoms with Gasteiger partial charge in [0.05, 0.1) is 17.4 Å². The number of phenolic OH excluding ortho intramolecular Hbond substituents is 1. The fourth-order valence-electron chi connectivity index (χ4n) is 2.65. The molecule has 0 radical (unpaired) electrons. The normalized spacial score (nSPS) is 11.6. The molecule has 0 bridgehead atoms. The first-order valence-corrected chi connectivity index (χ1v) is 8.50. The molecule has 26 heavy (non-hydrogen) atoms. The van der Waals surface area contributed by atoms with Gasteiger partial charge in [-0.1, -0.05) is 17.2 Å². The molecule has 0 saturated heterocycles. The highest BCUT2D eigenvalue weighted by atomic mass is 32.1. The Morgan fingerprint density at radius 2 is 2.08 bits per heavy atom. The van der Waals surface area contributed by atoms with Crippen LogP contribution in [0.15, 0.2) is 51.0 Å². The Morgan fingerprint density at radius 1 is 1.27 bits per heavy atom. The lowest BCUT2D eigenvalue weighted by atomic mass is 10.1. The van der Waals surface area contributed by atoms with Gasteiger partial charge in [-0.15, -0.1) is 16.5 Å². The second-order valence-electron chi connectivity index (χ2n) is 5.55. The van der Waals surface area contributed by atoms with Crippen molar-refractivity contribution in [2.45, 2.75) is 6.92 Å². The van der Waals surface area contributed by atoms with Crippen LogP contribution >= 0.6 is 11.3 Å². The Morgan fingerprint density at radius 3 is 2.85 bits per heavy atom. The number of oxazole rings is 1. The van der Waals surface area contributed by atoms with Crippen molar-refractivity contribution >= 4 is 50.2 Å². The zero-order valence-electron chi connectivity index (χ0n) is 13.9. The first-order valence-electron chi connectivity index (χ1n) is 7.68. The van der Waals surface area contributed by atoms with Crippen molar-refractivity contribution < 1.29 is 19.1 Å². The molecule has 0 aliphatic carbocycles. The topological polar surface area (TPSA) is 97.3 Å². The second kappa shape index (κ2) is 6.23. The van der Waals surface area contributed by atoms with Crippen molar-refractivity contribution in [1.29, 1.82) is 0 Å². The summed E-state index contributed by atoms with van der Waals surface area (Å²) in [5, 5.41) is 19.0. The zero-order chi connectivity index (χ0) is 18.3. The summed E-state index contributed by atoms with van der Waals surface area (Å²) in [6, 6.07) is 10.5. The molecule has 0 fully saturated rings. The van der Waals surface area contributed by atoms with Gasteiger partial charge in [-0.25, -0.2) is 4.79 Å². The van der Waals surface area contributed by atoms with Crippen LogP contribution in [0.25, 0.3) is 21.2 Å². The van der Waals surface area contributed by atoms with E-state index < -0.39 is 5.97 Å². The quantitative estimate of drug-likeness (QED) is 0.393. The molecular weight excluding hydrogens is 354 g/mol. The van der Waals surface area contributed by atoms with Crippen LogP contribution in [-0.4, -0.2) is 23.2 Å². The molecular formula is C18H13N3O4S. The number of aromatic hydroxyl groups is 1. The Bertz CT molecular complexity index is 1140. The minimum absolute atomic E-state index is 0.00874. The maximum Gasteiger partial charge on any atom is 0.341 e. The van der Waals surface area contributed by atoms with Crippen molar-refractivity contribution in [2.24, 2.45) is 10.2 Å². The lowest BCUT2D eigenvalue weighted by Crippen LogP contribution is -2.01. The Hall–Kier alpha value is -3.26. The minimum atomic E-state index is -0.611. The van der Waals surface area contributed by atoms with Crippen LogP contribution in [0.5, 0.6) is 5.75 Å². The summed E-state index contributed by atoms with van der Waals surface area (Å²) in [6.45, 7) is 1.91. The van der Waals surface area contributed by atoms with Crippen LogP contribution in [-0.2, 0) is 4.74 Å². The predicted molar refractivity (Wildman–Crippen MR) is 97.8 cm³/mol. The number of methoxy groups -OCH3 is 1. The molecule has 4 aromatic rings. The maximum atomic E-state index is 12.1. The summed E-state index contributed by atoms with van der Waals surface area (Å²) in [5.41, 5.74) is 1.69. The third-order valence-corrected chi connectivity index (χ3v) is 4.86. The van der Waals surface area contributed by atoms with Gasteiger partial charge in [0.2, 0.25) is 0 Å². The maximum absolute atomic E-state index is 12.1. The van der Waals surface area contributed by atoms with Crippen LogP contribution < -0.4 is 0 Å². The van der Waals surface area contributed by atoms with E-state index >= 15 is 0 Å². The highest BCUT2D eigenvalue weighted by Gasteiger charge is 2.20. The van der Waals surface area contributed by atoms with Gasteiger partial charge in [-0.2, -0.15) is 4.98 Å². The third-order valence-electron chi connectivity index (χ3n) is 3.81. The number of para-hydroxylation sites is 2. The van der Waals surface area contributed by atoms with Crippen molar-refractivity contribution in [3.63, 3.8) is 0 Å². The van der Waals surface area contributed by atoms with Crippen molar-refractivity contribution in [2.75, 3.05) is 7.11 Å². The van der Waals surface area contributed by atoms with E-state index in [0.29, 0.717) is 26.9 Å². The van der Waals surface area contributed by atoms with Gasteiger partial charge in [0, 0.05) is 10.3 Å². The Labute approximate surface area is 151 Å². The number of hydrogen-bond acceptors (Lipinski definition) is 8. The zero-order valence-corrected chi connectivity index (χ0v) is 14.7. The number of rotatable bonds is 3. The molecule has 2 aromatic carbocycles. The molecule has 1 N–H and O–H groups in total.